The first-order chi connectivity index (χ1) is 12.2. The Morgan fingerprint density at radius 1 is 1.12 bits per heavy atom. The molecule has 2 aromatic carbocycles. The van der Waals surface area contributed by atoms with E-state index in [2.05, 4.69) is 47.5 Å². The molecule has 0 spiro atoms. The van der Waals surface area contributed by atoms with Gasteiger partial charge in [-0.15, -0.1) is 0 Å². The molecule has 1 N–H and O–H groups in total. The first-order valence-electron chi connectivity index (χ1n) is 8.60. The molecule has 1 aliphatic heterocycles. The molecular formula is C20H22N4O. The molecule has 0 radical (unpaired) electrons. The van der Waals surface area contributed by atoms with Crippen molar-refractivity contribution in [3.8, 4) is 6.07 Å². The van der Waals surface area contributed by atoms with Gasteiger partial charge in [0.15, 0.2) is 0 Å². The van der Waals surface area contributed by atoms with E-state index < -0.39 is 0 Å². The second-order valence-corrected chi connectivity index (χ2v) is 6.08. The van der Waals surface area contributed by atoms with Crippen molar-refractivity contribution in [3.05, 3.63) is 59.7 Å². The Morgan fingerprint density at radius 3 is 2.60 bits per heavy atom. The van der Waals surface area contributed by atoms with Crippen LogP contribution in [0.4, 0.5) is 16.2 Å². The van der Waals surface area contributed by atoms with Gasteiger partial charge in [-0.1, -0.05) is 31.2 Å². The lowest BCUT2D eigenvalue weighted by atomic mass is 10.1. The Kier molecular flexibility index (Phi) is 5.20. The van der Waals surface area contributed by atoms with Crippen molar-refractivity contribution in [2.24, 2.45) is 0 Å². The number of piperazine rings is 1. The lowest BCUT2D eigenvalue weighted by molar-refractivity contribution is 0.208. The molecule has 25 heavy (non-hydrogen) atoms. The summed E-state index contributed by atoms with van der Waals surface area (Å²) in [7, 11) is 0. The summed E-state index contributed by atoms with van der Waals surface area (Å²) < 4.78 is 0. The van der Waals surface area contributed by atoms with E-state index in [-0.39, 0.29) is 6.03 Å². The van der Waals surface area contributed by atoms with Crippen LogP contribution >= 0.6 is 0 Å². The minimum atomic E-state index is -0.112. The second-order valence-electron chi connectivity index (χ2n) is 6.08. The molecule has 5 nitrogen and oxygen atoms in total. The van der Waals surface area contributed by atoms with Crippen LogP contribution in [-0.2, 0) is 6.42 Å². The normalized spacial score (nSPS) is 14.1. The maximum atomic E-state index is 12.4. The molecule has 1 saturated heterocycles. The van der Waals surface area contributed by atoms with E-state index in [9.17, 15) is 4.79 Å². The van der Waals surface area contributed by atoms with E-state index in [1.807, 2.05) is 4.90 Å². The van der Waals surface area contributed by atoms with E-state index in [0.717, 1.165) is 19.5 Å². The highest BCUT2D eigenvalue weighted by atomic mass is 16.2. The largest absolute Gasteiger partial charge is 0.368 e. The summed E-state index contributed by atoms with van der Waals surface area (Å²) in [5.74, 6) is 0. The number of anilines is 2. The minimum Gasteiger partial charge on any atom is -0.368 e. The highest BCUT2D eigenvalue weighted by molar-refractivity contribution is 5.89. The van der Waals surface area contributed by atoms with Gasteiger partial charge in [-0.05, 0) is 36.2 Å². The number of urea groups is 1. The number of amides is 2. The predicted molar refractivity (Wildman–Crippen MR) is 99.8 cm³/mol. The third-order valence-corrected chi connectivity index (χ3v) is 4.52. The molecule has 2 aromatic rings. The Hall–Kier alpha value is -3.00. The van der Waals surface area contributed by atoms with Gasteiger partial charge in [0.2, 0.25) is 0 Å². The predicted octanol–water partition coefficient (Wildman–Crippen LogP) is 3.47. The van der Waals surface area contributed by atoms with Crippen LogP contribution in [0.25, 0.3) is 0 Å². The average molecular weight is 334 g/mol. The summed E-state index contributed by atoms with van der Waals surface area (Å²) >= 11 is 0. The maximum absolute atomic E-state index is 12.4. The van der Waals surface area contributed by atoms with Crippen molar-refractivity contribution in [1.82, 2.24) is 4.90 Å². The summed E-state index contributed by atoms with van der Waals surface area (Å²) in [5.41, 5.74) is 3.81. The van der Waals surface area contributed by atoms with Gasteiger partial charge in [0, 0.05) is 37.6 Å². The Morgan fingerprint density at radius 2 is 1.88 bits per heavy atom. The van der Waals surface area contributed by atoms with Crippen molar-refractivity contribution in [2.45, 2.75) is 13.3 Å². The molecule has 0 unspecified atom stereocenters. The fraction of sp³-hybridized carbons (Fsp3) is 0.300. The van der Waals surface area contributed by atoms with Crippen LogP contribution in [0.2, 0.25) is 0 Å². The number of hydrogen-bond donors (Lipinski definition) is 1. The summed E-state index contributed by atoms with van der Waals surface area (Å²) in [6.07, 6.45) is 1.01. The van der Waals surface area contributed by atoms with Gasteiger partial charge in [-0.3, -0.25) is 0 Å². The number of para-hydroxylation sites is 1. The Balaban J connectivity index is 1.60. The molecule has 0 atom stereocenters. The Bertz CT molecular complexity index is 788. The SMILES string of the molecule is CCc1ccccc1N1CCN(C(=O)Nc2cccc(C#N)c2)CC1. The lowest BCUT2D eigenvalue weighted by Gasteiger charge is -2.37. The number of carbonyl (C=O) groups is 1. The molecule has 1 fully saturated rings. The molecule has 128 valence electrons. The number of benzene rings is 2. The molecule has 1 aliphatic rings. The second kappa shape index (κ2) is 7.71. The van der Waals surface area contributed by atoms with Crippen LogP contribution in [0.15, 0.2) is 48.5 Å². The molecule has 1 heterocycles. The molecule has 3 rings (SSSR count). The zero-order valence-electron chi connectivity index (χ0n) is 14.4. The zero-order chi connectivity index (χ0) is 17.6. The van der Waals surface area contributed by atoms with Crippen molar-refractivity contribution < 1.29 is 4.79 Å². The monoisotopic (exact) mass is 334 g/mol. The van der Waals surface area contributed by atoms with E-state index in [1.54, 1.807) is 24.3 Å². The topological polar surface area (TPSA) is 59.4 Å². The van der Waals surface area contributed by atoms with Gasteiger partial charge in [0.25, 0.3) is 0 Å². The molecular weight excluding hydrogens is 312 g/mol. The summed E-state index contributed by atoms with van der Waals surface area (Å²) in [5, 5.41) is 11.8. The Labute approximate surface area is 148 Å². The molecule has 2 amide bonds. The van der Waals surface area contributed by atoms with Crippen LogP contribution < -0.4 is 10.2 Å². The van der Waals surface area contributed by atoms with Gasteiger partial charge in [-0.25, -0.2) is 4.79 Å². The van der Waals surface area contributed by atoms with Crippen LogP contribution in [0, 0.1) is 11.3 Å². The first-order valence-corrected chi connectivity index (χ1v) is 8.60. The zero-order valence-corrected chi connectivity index (χ0v) is 14.4. The fourth-order valence-corrected chi connectivity index (χ4v) is 3.14. The summed E-state index contributed by atoms with van der Waals surface area (Å²) in [6.45, 7) is 5.17. The number of nitrogens with zero attached hydrogens (tertiary/aromatic N) is 3. The molecule has 0 bridgehead atoms. The van der Waals surface area contributed by atoms with E-state index in [1.165, 1.54) is 11.3 Å². The fourth-order valence-electron chi connectivity index (χ4n) is 3.14. The molecule has 0 saturated carbocycles. The lowest BCUT2D eigenvalue weighted by Crippen LogP contribution is -2.50. The molecule has 0 aliphatic carbocycles. The third-order valence-electron chi connectivity index (χ3n) is 4.52. The van der Waals surface area contributed by atoms with Crippen molar-refractivity contribution in [3.63, 3.8) is 0 Å². The van der Waals surface area contributed by atoms with Gasteiger partial charge in [0.05, 0.1) is 11.6 Å². The van der Waals surface area contributed by atoms with Gasteiger partial charge < -0.3 is 15.1 Å². The van der Waals surface area contributed by atoms with Crippen molar-refractivity contribution in [2.75, 3.05) is 36.4 Å². The highest BCUT2D eigenvalue weighted by Gasteiger charge is 2.22. The molecule has 5 heteroatoms. The van der Waals surface area contributed by atoms with E-state index in [0.29, 0.717) is 24.3 Å². The first kappa shape index (κ1) is 16.8. The van der Waals surface area contributed by atoms with Gasteiger partial charge in [0.1, 0.15) is 0 Å². The quantitative estimate of drug-likeness (QED) is 0.935. The number of hydrogen-bond acceptors (Lipinski definition) is 3. The van der Waals surface area contributed by atoms with Crippen molar-refractivity contribution >= 4 is 17.4 Å². The highest BCUT2D eigenvalue weighted by Crippen LogP contribution is 2.22. The van der Waals surface area contributed by atoms with Crippen LogP contribution in [0.1, 0.15) is 18.1 Å². The number of nitriles is 1. The number of carbonyl (C=O) groups excluding carboxylic acids is 1. The number of nitrogens with one attached hydrogen (secondary N) is 1. The van der Waals surface area contributed by atoms with Crippen LogP contribution in [0.5, 0.6) is 0 Å². The van der Waals surface area contributed by atoms with E-state index >= 15 is 0 Å². The van der Waals surface area contributed by atoms with Crippen LogP contribution in [0.3, 0.4) is 0 Å². The average Bonchev–Trinajstić information content (AvgIpc) is 2.68. The summed E-state index contributed by atoms with van der Waals surface area (Å²) in [6, 6.07) is 17.4. The van der Waals surface area contributed by atoms with Gasteiger partial charge >= 0.3 is 6.03 Å². The maximum Gasteiger partial charge on any atom is 0.321 e. The van der Waals surface area contributed by atoms with E-state index in [4.69, 9.17) is 5.26 Å². The minimum absolute atomic E-state index is 0.112. The third kappa shape index (κ3) is 3.92. The smallest absolute Gasteiger partial charge is 0.321 e. The molecule has 0 aromatic heterocycles. The standard InChI is InChI=1S/C20H22N4O/c1-2-17-7-3-4-9-19(17)23-10-12-24(13-11-23)20(25)22-18-8-5-6-16(14-18)15-21/h3-9,14H,2,10-13H2,1H3,(H,22,25). The number of aryl methyl sites for hydroxylation is 1. The summed E-state index contributed by atoms with van der Waals surface area (Å²) in [4.78, 5) is 16.6. The number of rotatable bonds is 3. The van der Waals surface area contributed by atoms with Crippen LogP contribution in [-0.4, -0.2) is 37.1 Å². The van der Waals surface area contributed by atoms with Crippen molar-refractivity contribution in [1.29, 1.82) is 5.26 Å². The van der Waals surface area contributed by atoms with Gasteiger partial charge in [-0.2, -0.15) is 5.26 Å².